The number of nitrogens with two attached hydrogens (primary N) is 1. The van der Waals surface area contributed by atoms with Gasteiger partial charge in [-0.05, 0) is 43.7 Å². The summed E-state index contributed by atoms with van der Waals surface area (Å²) < 4.78 is 44.4. The van der Waals surface area contributed by atoms with Gasteiger partial charge in [0, 0.05) is 12.6 Å². The van der Waals surface area contributed by atoms with Crippen LogP contribution in [0.5, 0.6) is 0 Å². The fraction of sp³-hybridized carbons (Fsp3) is 0.600. The van der Waals surface area contributed by atoms with Crippen molar-refractivity contribution in [3.05, 3.63) is 35.4 Å². The fourth-order valence-corrected chi connectivity index (χ4v) is 2.63. The third-order valence-electron chi connectivity index (χ3n) is 3.74. The SMILES string of the molecule is NC(CCC1CCCCO1)c1ccccc1C(F)(F)F. The Morgan fingerprint density at radius 3 is 2.65 bits per heavy atom. The standard InChI is InChI=1S/C15H20F3NO/c16-15(17,18)13-7-2-1-6-12(13)14(19)9-8-11-5-3-4-10-20-11/h1-2,6-7,11,14H,3-5,8-10,19H2. The van der Waals surface area contributed by atoms with E-state index in [1.165, 1.54) is 12.1 Å². The van der Waals surface area contributed by atoms with E-state index in [1.54, 1.807) is 6.07 Å². The van der Waals surface area contributed by atoms with E-state index in [-0.39, 0.29) is 11.7 Å². The maximum Gasteiger partial charge on any atom is 0.416 e. The molecule has 2 nitrogen and oxygen atoms in total. The third-order valence-corrected chi connectivity index (χ3v) is 3.74. The molecule has 0 amide bonds. The molecule has 1 saturated heterocycles. The number of benzene rings is 1. The normalized spacial score (nSPS) is 21.7. The van der Waals surface area contributed by atoms with Gasteiger partial charge >= 0.3 is 6.18 Å². The number of rotatable bonds is 4. The minimum atomic E-state index is -4.35. The summed E-state index contributed by atoms with van der Waals surface area (Å²) in [5.74, 6) is 0. The second kappa shape index (κ2) is 6.59. The first-order valence-electron chi connectivity index (χ1n) is 7.02. The van der Waals surface area contributed by atoms with Crippen molar-refractivity contribution in [3.8, 4) is 0 Å². The maximum atomic E-state index is 12.9. The summed E-state index contributed by atoms with van der Waals surface area (Å²) in [5, 5.41) is 0. The van der Waals surface area contributed by atoms with Crippen LogP contribution in [0.25, 0.3) is 0 Å². The van der Waals surface area contributed by atoms with E-state index >= 15 is 0 Å². The Labute approximate surface area is 117 Å². The van der Waals surface area contributed by atoms with Gasteiger partial charge in [-0.3, -0.25) is 0 Å². The molecule has 0 bridgehead atoms. The quantitative estimate of drug-likeness (QED) is 0.906. The molecule has 1 aliphatic rings. The third kappa shape index (κ3) is 3.96. The summed E-state index contributed by atoms with van der Waals surface area (Å²) in [4.78, 5) is 0. The van der Waals surface area contributed by atoms with Crippen LogP contribution in [0, 0.1) is 0 Å². The number of ether oxygens (including phenoxy) is 1. The molecule has 1 aromatic rings. The van der Waals surface area contributed by atoms with Gasteiger partial charge in [0.2, 0.25) is 0 Å². The Bertz CT molecular complexity index is 427. The minimum Gasteiger partial charge on any atom is -0.378 e. The average molecular weight is 287 g/mol. The number of hydrogen-bond donors (Lipinski definition) is 1. The predicted octanol–water partition coefficient (Wildman–Crippen LogP) is 4.05. The molecule has 2 N–H and O–H groups in total. The highest BCUT2D eigenvalue weighted by molar-refractivity contribution is 5.32. The first kappa shape index (κ1) is 15.3. The van der Waals surface area contributed by atoms with Gasteiger partial charge in [0.25, 0.3) is 0 Å². The number of halogens is 3. The van der Waals surface area contributed by atoms with Crippen LogP contribution in [0.1, 0.15) is 49.3 Å². The average Bonchev–Trinajstić information content (AvgIpc) is 2.45. The highest BCUT2D eigenvalue weighted by atomic mass is 19.4. The molecule has 5 heteroatoms. The van der Waals surface area contributed by atoms with Crippen molar-refractivity contribution in [1.82, 2.24) is 0 Å². The number of hydrogen-bond acceptors (Lipinski definition) is 2. The highest BCUT2D eigenvalue weighted by Gasteiger charge is 2.34. The lowest BCUT2D eigenvalue weighted by Gasteiger charge is -2.24. The Morgan fingerprint density at radius 1 is 1.25 bits per heavy atom. The van der Waals surface area contributed by atoms with Gasteiger partial charge in [-0.2, -0.15) is 13.2 Å². The van der Waals surface area contributed by atoms with Crippen LogP contribution in [0.15, 0.2) is 24.3 Å². The Morgan fingerprint density at radius 2 is 2.00 bits per heavy atom. The summed E-state index contributed by atoms with van der Waals surface area (Å²) in [5.41, 5.74) is 5.50. The van der Waals surface area contributed by atoms with Crippen LogP contribution in [0.2, 0.25) is 0 Å². The molecular weight excluding hydrogens is 267 g/mol. The second-order valence-corrected chi connectivity index (χ2v) is 5.26. The van der Waals surface area contributed by atoms with Crippen molar-refractivity contribution in [2.24, 2.45) is 5.73 Å². The lowest BCUT2D eigenvalue weighted by atomic mass is 9.94. The Kier molecular flexibility index (Phi) is 5.05. The van der Waals surface area contributed by atoms with Gasteiger partial charge in [0.1, 0.15) is 0 Å². The van der Waals surface area contributed by atoms with Gasteiger partial charge in [-0.1, -0.05) is 18.2 Å². The fourth-order valence-electron chi connectivity index (χ4n) is 2.63. The second-order valence-electron chi connectivity index (χ2n) is 5.26. The first-order valence-corrected chi connectivity index (χ1v) is 7.02. The smallest absolute Gasteiger partial charge is 0.378 e. The number of alkyl halides is 3. The van der Waals surface area contributed by atoms with Gasteiger partial charge in [0.15, 0.2) is 0 Å². The van der Waals surface area contributed by atoms with Crippen molar-refractivity contribution in [1.29, 1.82) is 0 Å². The van der Waals surface area contributed by atoms with E-state index in [9.17, 15) is 13.2 Å². The zero-order chi connectivity index (χ0) is 14.6. The van der Waals surface area contributed by atoms with E-state index in [2.05, 4.69) is 0 Å². The molecule has 2 unspecified atom stereocenters. The molecule has 0 saturated carbocycles. The van der Waals surface area contributed by atoms with Crippen LogP contribution in [0.4, 0.5) is 13.2 Å². The van der Waals surface area contributed by atoms with Crippen molar-refractivity contribution in [2.45, 2.75) is 50.4 Å². The van der Waals surface area contributed by atoms with Gasteiger partial charge in [-0.25, -0.2) is 0 Å². The molecule has 20 heavy (non-hydrogen) atoms. The minimum absolute atomic E-state index is 0.146. The van der Waals surface area contributed by atoms with E-state index < -0.39 is 17.8 Å². The van der Waals surface area contributed by atoms with Crippen LogP contribution >= 0.6 is 0 Å². The molecule has 2 atom stereocenters. The summed E-state index contributed by atoms with van der Waals surface area (Å²) >= 11 is 0. The van der Waals surface area contributed by atoms with Gasteiger partial charge < -0.3 is 10.5 Å². The molecule has 1 aliphatic heterocycles. The van der Waals surface area contributed by atoms with E-state index in [0.717, 1.165) is 31.9 Å². The maximum absolute atomic E-state index is 12.9. The van der Waals surface area contributed by atoms with Crippen molar-refractivity contribution in [3.63, 3.8) is 0 Å². The molecule has 0 aliphatic carbocycles. The van der Waals surface area contributed by atoms with Crippen LogP contribution in [-0.2, 0) is 10.9 Å². The molecule has 2 rings (SSSR count). The summed E-state index contributed by atoms with van der Waals surface area (Å²) in [6.45, 7) is 0.749. The molecular formula is C15H20F3NO. The molecule has 0 radical (unpaired) electrons. The largest absolute Gasteiger partial charge is 0.416 e. The predicted molar refractivity (Wildman–Crippen MR) is 71.2 cm³/mol. The van der Waals surface area contributed by atoms with Crippen LogP contribution < -0.4 is 5.73 Å². The zero-order valence-corrected chi connectivity index (χ0v) is 11.3. The monoisotopic (exact) mass is 287 g/mol. The summed E-state index contributed by atoms with van der Waals surface area (Å²) in [6, 6.07) is 4.95. The van der Waals surface area contributed by atoms with E-state index in [4.69, 9.17) is 10.5 Å². The molecule has 1 fully saturated rings. The zero-order valence-electron chi connectivity index (χ0n) is 11.3. The van der Waals surface area contributed by atoms with Gasteiger partial charge in [-0.15, -0.1) is 0 Å². The molecule has 0 spiro atoms. The van der Waals surface area contributed by atoms with Crippen molar-refractivity contribution >= 4 is 0 Å². The van der Waals surface area contributed by atoms with Crippen LogP contribution in [-0.4, -0.2) is 12.7 Å². The van der Waals surface area contributed by atoms with E-state index in [0.29, 0.717) is 12.8 Å². The van der Waals surface area contributed by atoms with Crippen molar-refractivity contribution < 1.29 is 17.9 Å². The molecule has 1 heterocycles. The topological polar surface area (TPSA) is 35.2 Å². The lowest BCUT2D eigenvalue weighted by molar-refractivity contribution is -0.138. The Hall–Kier alpha value is -1.07. The summed E-state index contributed by atoms with van der Waals surface area (Å²) in [7, 11) is 0. The molecule has 1 aromatic carbocycles. The Balaban J connectivity index is 2.00. The first-order chi connectivity index (χ1) is 9.48. The summed E-state index contributed by atoms with van der Waals surface area (Å²) in [6.07, 6.45) is 0.195. The molecule has 0 aromatic heterocycles. The molecule has 112 valence electrons. The lowest BCUT2D eigenvalue weighted by Crippen LogP contribution is -2.22. The highest BCUT2D eigenvalue weighted by Crippen LogP contribution is 2.35. The van der Waals surface area contributed by atoms with Crippen LogP contribution in [0.3, 0.4) is 0 Å². The van der Waals surface area contributed by atoms with Crippen molar-refractivity contribution in [2.75, 3.05) is 6.61 Å². The van der Waals surface area contributed by atoms with E-state index in [1.807, 2.05) is 0 Å². The van der Waals surface area contributed by atoms with Gasteiger partial charge in [0.05, 0.1) is 11.7 Å².